The molecule has 2 aliphatic heterocycles. The van der Waals surface area contributed by atoms with Crippen LogP contribution in [-0.4, -0.2) is 11.6 Å². The maximum atomic E-state index is 5.10. The van der Waals surface area contributed by atoms with E-state index in [1.54, 1.807) is 0 Å². The number of benzene rings is 3. The van der Waals surface area contributed by atoms with Crippen molar-refractivity contribution in [3.05, 3.63) is 101 Å². The number of para-hydroxylation sites is 2. The third-order valence-corrected chi connectivity index (χ3v) is 5.18. The van der Waals surface area contributed by atoms with Crippen molar-refractivity contribution in [2.24, 2.45) is 4.99 Å². The van der Waals surface area contributed by atoms with Crippen molar-refractivity contribution in [2.75, 3.05) is 11.6 Å². The number of fused-ring (bicyclic) bond motifs is 2. The molecule has 26 heavy (non-hydrogen) atoms. The molecule has 3 nitrogen and oxygen atoms in total. The zero-order valence-electron chi connectivity index (χ0n) is 14.6. The molecule has 0 aliphatic carbocycles. The van der Waals surface area contributed by atoms with E-state index in [0.717, 1.165) is 24.7 Å². The molecule has 128 valence electrons. The van der Waals surface area contributed by atoms with Crippen molar-refractivity contribution in [2.45, 2.75) is 19.0 Å². The van der Waals surface area contributed by atoms with Gasteiger partial charge in [0.25, 0.3) is 0 Å². The molecule has 0 amide bonds. The minimum Gasteiger partial charge on any atom is -0.283 e. The monoisotopic (exact) mass is 339 g/mol. The molecular formula is C23H21N3. The first kappa shape index (κ1) is 15.2. The molecule has 3 heteroatoms. The summed E-state index contributed by atoms with van der Waals surface area (Å²) in [5, 5.41) is 6.94. The minimum atomic E-state index is -0.0442. The van der Waals surface area contributed by atoms with Gasteiger partial charge in [-0.05, 0) is 36.1 Å². The lowest BCUT2D eigenvalue weighted by atomic mass is 10.0. The minimum absolute atomic E-state index is 0.0442. The zero-order valence-corrected chi connectivity index (χ0v) is 14.6. The molecule has 3 aromatic carbocycles. The van der Waals surface area contributed by atoms with Gasteiger partial charge in [-0.15, -0.1) is 0 Å². The van der Waals surface area contributed by atoms with Crippen molar-refractivity contribution in [3.63, 3.8) is 0 Å². The zero-order chi connectivity index (χ0) is 17.3. The third kappa shape index (κ3) is 2.57. The Morgan fingerprint density at radius 3 is 2.50 bits per heavy atom. The van der Waals surface area contributed by atoms with Gasteiger partial charge in [-0.2, -0.15) is 0 Å². The smallest absolute Gasteiger partial charge is 0.165 e. The van der Waals surface area contributed by atoms with Crippen LogP contribution in [0.25, 0.3) is 6.20 Å². The Labute approximate surface area is 153 Å². The topological polar surface area (TPSA) is 18.8 Å². The van der Waals surface area contributed by atoms with Gasteiger partial charge in [0.15, 0.2) is 6.17 Å². The van der Waals surface area contributed by atoms with Crippen molar-refractivity contribution in [1.29, 1.82) is 0 Å². The summed E-state index contributed by atoms with van der Waals surface area (Å²) >= 11 is 0. The van der Waals surface area contributed by atoms with E-state index >= 15 is 0 Å². The molecule has 0 spiro atoms. The van der Waals surface area contributed by atoms with Gasteiger partial charge in [-0.3, -0.25) is 15.0 Å². The molecule has 0 saturated carbocycles. The molecule has 0 fully saturated rings. The summed E-state index contributed by atoms with van der Waals surface area (Å²) in [6, 6.07) is 27.7. The fourth-order valence-electron chi connectivity index (χ4n) is 3.93. The van der Waals surface area contributed by atoms with Gasteiger partial charge in [0, 0.05) is 18.0 Å². The average Bonchev–Trinajstić information content (AvgIpc) is 2.73. The van der Waals surface area contributed by atoms with E-state index in [1.807, 2.05) is 0 Å². The lowest BCUT2D eigenvalue weighted by molar-refractivity contribution is 0.274. The first-order valence-electron chi connectivity index (χ1n) is 9.23. The van der Waals surface area contributed by atoms with E-state index < -0.39 is 0 Å². The highest BCUT2D eigenvalue weighted by Gasteiger charge is 2.28. The van der Waals surface area contributed by atoms with Gasteiger partial charge < -0.3 is 0 Å². The second-order valence-corrected chi connectivity index (χ2v) is 6.84. The highest BCUT2D eigenvalue weighted by atomic mass is 15.7. The largest absolute Gasteiger partial charge is 0.283 e. The summed E-state index contributed by atoms with van der Waals surface area (Å²) in [5.41, 5.74) is 3.92. The predicted octanol–water partition coefficient (Wildman–Crippen LogP) is 3.43. The second-order valence-electron chi connectivity index (χ2n) is 6.84. The van der Waals surface area contributed by atoms with Gasteiger partial charge in [0.2, 0.25) is 0 Å². The first-order chi connectivity index (χ1) is 12.9. The average molecular weight is 339 g/mol. The Morgan fingerprint density at radius 2 is 1.58 bits per heavy atom. The Balaban J connectivity index is 1.68. The van der Waals surface area contributed by atoms with Crippen molar-refractivity contribution >= 4 is 11.9 Å². The number of aryl methyl sites for hydroxylation is 1. The SMILES string of the molecule is C1=c2ccccc2=NC(c2ccccc2)N1N1CCCc2ccccc21. The van der Waals surface area contributed by atoms with Crippen LogP contribution in [0.3, 0.4) is 0 Å². The summed E-state index contributed by atoms with van der Waals surface area (Å²) < 4.78 is 0. The van der Waals surface area contributed by atoms with Crippen LogP contribution in [0.5, 0.6) is 0 Å². The number of hydrogen-bond donors (Lipinski definition) is 0. The first-order valence-corrected chi connectivity index (χ1v) is 9.23. The van der Waals surface area contributed by atoms with E-state index in [1.165, 1.54) is 22.0 Å². The van der Waals surface area contributed by atoms with E-state index in [2.05, 4.69) is 95.1 Å². The Hall–Kier alpha value is -3.07. The molecule has 0 saturated heterocycles. The van der Waals surface area contributed by atoms with Crippen LogP contribution in [0.4, 0.5) is 5.69 Å². The van der Waals surface area contributed by atoms with E-state index in [-0.39, 0.29) is 6.17 Å². The normalized spacial score (nSPS) is 18.4. The van der Waals surface area contributed by atoms with Gasteiger partial charge >= 0.3 is 0 Å². The van der Waals surface area contributed by atoms with Crippen LogP contribution in [0.15, 0.2) is 83.9 Å². The van der Waals surface area contributed by atoms with Crippen LogP contribution in [-0.2, 0) is 6.42 Å². The highest BCUT2D eigenvalue weighted by Crippen LogP contribution is 2.33. The van der Waals surface area contributed by atoms with Crippen LogP contribution in [0.2, 0.25) is 0 Å². The maximum Gasteiger partial charge on any atom is 0.165 e. The molecule has 2 aliphatic rings. The fourth-order valence-corrected chi connectivity index (χ4v) is 3.93. The Bertz CT molecular complexity index is 1040. The predicted molar refractivity (Wildman–Crippen MR) is 105 cm³/mol. The molecular weight excluding hydrogens is 318 g/mol. The molecule has 0 N–H and O–H groups in total. The number of rotatable bonds is 2. The number of anilines is 1. The lowest BCUT2D eigenvalue weighted by Gasteiger charge is -2.43. The number of hydrogen-bond acceptors (Lipinski definition) is 3. The Morgan fingerprint density at radius 1 is 0.808 bits per heavy atom. The summed E-state index contributed by atoms with van der Waals surface area (Å²) in [7, 11) is 0. The molecule has 0 aromatic heterocycles. The fraction of sp³-hybridized carbons (Fsp3) is 0.174. The quantitative estimate of drug-likeness (QED) is 0.712. The van der Waals surface area contributed by atoms with E-state index in [4.69, 9.17) is 4.99 Å². The summed E-state index contributed by atoms with van der Waals surface area (Å²) in [6.45, 7) is 1.01. The second kappa shape index (κ2) is 6.34. The summed E-state index contributed by atoms with van der Waals surface area (Å²) in [6.07, 6.45) is 4.51. The Kier molecular flexibility index (Phi) is 3.71. The number of hydrazine groups is 1. The van der Waals surface area contributed by atoms with Crippen LogP contribution in [0.1, 0.15) is 23.7 Å². The molecule has 0 bridgehead atoms. The highest BCUT2D eigenvalue weighted by molar-refractivity contribution is 5.56. The third-order valence-electron chi connectivity index (χ3n) is 5.18. The molecule has 5 rings (SSSR count). The van der Waals surface area contributed by atoms with E-state index in [9.17, 15) is 0 Å². The molecule has 1 atom stereocenters. The molecule has 3 aromatic rings. The van der Waals surface area contributed by atoms with Gasteiger partial charge in [0.1, 0.15) is 0 Å². The summed E-state index contributed by atoms with van der Waals surface area (Å²) in [4.78, 5) is 5.10. The maximum absolute atomic E-state index is 5.10. The van der Waals surface area contributed by atoms with Gasteiger partial charge in [0.05, 0.1) is 11.0 Å². The molecule has 1 unspecified atom stereocenters. The van der Waals surface area contributed by atoms with Crippen LogP contribution < -0.4 is 15.6 Å². The molecule has 2 heterocycles. The van der Waals surface area contributed by atoms with Crippen molar-refractivity contribution in [3.8, 4) is 0 Å². The van der Waals surface area contributed by atoms with Crippen molar-refractivity contribution < 1.29 is 0 Å². The van der Waals surface area contributed by atoms with Gasteiger partial charge in [-0.1, -0.05) is 66.7 Å². The van der Waals surface area contributed by atoms with E-state index in [0.29, 0.717) is 0 Å². The molecule has 0 radical (unpaired) electrons. The van der Waals surface area contributed by atoms with Crippen molar-refractivity contribution in [1.82, 2.24) is 5.01 Å². The number of nitrogens with zero attached hydrogens (tertiary/aromatic N) is 3. The summed E-state index contributed by atoms with van der Waals surface area (Å²) in [5.74, 6) is 0. The van der Waals surface area contributed by atoms with Crippen LogP contribution in [0, 0.1) is 0 Å². The standard InChI is InChI=1S/C23H21N3/c1-2-10-19(11-3-1)23-24-21-14-6-4-12-20(21)17-26(23)25-16-8-13-18-9-5-7-15-22(18)25/h1-7,9-12,14-15,17,23H,8,13,16H2. The lowest BCUT2D eigenvalue weighted by Crippen LogP contribution is -2.48. The van der Waals surface area contributed by atoms with Gasteiger partial charge in [-0.25, -0.2) is 0 Å². The van der Waals surface area contributed by atoms with Crippen LogP contribution >= 0.6 is 0 Å².